The Morgan fingerprint density at radius 1 is 0.969 bits per heavy atom. The molecule has 0 radical (unpaired) electrons. The number of sulfonamides is 1. The van der Waals surface area contributed by atoms with Crippen molar-refractivity contribution < 1.29 is 27.1 Å². The number of anilines is 1. The van der Waals surface area contributed by atoms with Crippen LogP contribution >= 0.6 is 11.6 Å². The first kappa shape index (κ1) is 23.4. The van der Waals surface area contributed by atoms with Crippen LogP contribution in [-0.2, 0) is 16.6 Å². The summed E-state index contributed by atoms with van der Waals surface area (Å²) in [7, 11) is -0.997. The van der Waals surface area contributed by atoms with Crippen molar-refractivity contribution in [1.29, 1.82) is 0 Å². The molecule has 0 fully saturated rings. The molecule has 3 aromatic carbocycles. The summed E-state index contributed by atoms with van der Waals surface area (Å²) >= 11 is 6.13. The van der Waals surface area contributed by atoms with E-state index in [4.69, 9.17) is 21.1 Å². The van der Waals surface area contributed by atoms with Crippen LogP contribution in [0.1, 0.15) is 15.9 Å². The maximum Gasteiger partial charge on any atom is 0.261 e. The number of carbonyl (C=O) groups is 1. The van der Waals surface area contributed by atoms with Crippen LogP contribution in [0.3, 0.4) is 0 Å². The number of nitrogens with one attached hydrogen (secondary N) is 2. The van der Waals surface area contributed by atoms with Gasteiger partial charge in [-0.25, -0.2) is 12.8 Å². The number of ether oxygens (including phenoxy) is 2. The minimum absolute atomic E-state index is 0.00544. The van der Waals surface area contributed by atoms with Gasteiger partial charge in [-0.1, -0.05) is 17.7 Å². The zero-order valence-electron chi connectivity index (χ0n) is 17.2. The summed E-state index contributed by atoms with van der Waals surface area (Å²) in [5.41, 5.74) is 0.920. The van der Waals surface area contributed by atoms with Gasteiger partial charge in [0.25, 0.3) is 15.9 Å². The van der Waals surface area contributed by atoms with Gasteiger partial charge in [0.05, 0.1) is 29.7 Å². The normalized spacial score (nSPS) is 11.0. The second-order valence-electron chi connectivity index (χ2n) is 6.63. The third-order valence-corrected chi connectivity index (χ3v) is 6.20. The molecule has 0 saturated carbocycles. The van der Waals surface area contributed by atoms with Gasteiger partial charge in [-0.3, -0.25) is 9.52 Å². The maximum atomic E-state index is 13.1. The van der Waals surface area contributed by atoms with Crippen molar-refractivity contribution in [2.24, 2.45) is 0 Å². The van der Waals surface area contributed by atoms with Crippen molar-refractivity contribution in [2.45, 2.75) is 11.4 Å². The van der Waals surface area contributed by atoms with Crippen molar-refractivity contribution in [2.75, 3.05) is 18.9 Å². The average Bonchev–Trinajstić information content (AvgIpc) is 2.78. The van der Waals surface area contributed by atoms with Gasteiger partial charge in [-0.15, -0.1) is 0 Å². The molecule has 0 aliphatic rings. The fourth-order valence-corrected chi connectivity index (χ4v) is 4.13. The quantitative estimate of drug-likeness (QED) is 0.505. The minimum atomic E-state index is -4.02. The molecule has 0 aliphatic carbocycles. The highest BCUT2D eigenvalue weighted by Crippen LogP contribution is 2.28. The fourth-order valence-electron chi connectivity index (χ4n) is 2.85. The van der Waals surface area contributed by atoms with Gasteiger partial charge < -0.3 is 14.8 Å². The Balaban J connectivity index is 1.77. The molecule has 0 aromatic heterocycles. The number of methoxy groups -OCH3 is 2. The molecule has 2 N–H and O–H groups in total. The zero-order chi connectivity index (χ0) is 23.3. The van der Waals surface area contributed by atoms with Crippen LogP contribution in [-0.4, -0.2) is 28.5 Å². The largest absolute Gasteiger partial charge is 0.493 e. The average molecular weight is 479 g/mol. The van der Waals surface area contributed by atoms with Gasteiger partial charge in [0, 0.05) is 12.2 Å². The Kier molecular flexibility index (Phi) is 7.22. The number of hydrogen-bond donors (Lipinski definition) is 2. The Bertz CT molecular complexity index is 1230. The van der Waals surface area contributed by atoms with Crippen molar-refractivity contribution >= 4 is 33.2 Å². The summed E-state index contributed by atoms with van der Waals surface area (Å²) in [6.07, 6.45) is 0. The van der Waals surface area contributed by atoms with Gasteiger partial charge in [0.2, 0.25) is 0 Å². The highest BCUT2D eigenvalue weighted by atomic mass is 35.5. The molecule has 0 spiro atoms. The molecule has 32 heavy (non-hydrogen) atoms. The second kappa shape index (κ2) is 9.88. The highest BCUT2D eigenvalue weighted by molar-refractivity contribution is 7.92. The topological polar surface area (TPSA) is 93.7 Å². The molecular formula is C22H20ClFN2O5S. The molecule has 0 unspecified atom stereocenters. The third-order valence-electron chi connectivity index (χ3n) is 4.49. The van der Waals surface area contributed by atoms with E-state index in [0.29, 0.717) is 11.5 Å². The molecule has 0 bridgehead atoms. The Hall–Kier alpha value is -3.30. The van der Waals surface area contributed by atoms with E-state index >= 15 is 0 Å². The summed E-state index contributed by atoms with van der Waals surface area (Å²) in [5, 5.41) is 2.80. The predicted octanol–water partition coefficient (Wildman–Crippen LogP) is 4.23. The molecule has 0 atom stereocenters. The lowest BCUT2D eigenvalue weighted by molar-refractivity contribution is 0.0951. The summed E-state index contributed by atoms with van der Waals surface area (Å²) in [5.74, 6) is 0.0194. The van der Waals surface area contributed by atoms with E-state index in [9.17, 15) is 17.6 Å². The van der Waals surface area contributed by atoms with E-state index in [1.54, 1.807) is 18.2 Å². The fraction of sp³-hybridized carbons (Fsp3) is 0.136. The molecule has 0 aliphatic heterocycles. The van der Waals surface area contributed by atoms with E-state index < -0.39 is 21.7 Å². The SMILES string of the molecule is COc1ccc(CNC(=O)c2cc(S(=O)(=O)Nc3ccc(F)cc3)ccc2Cl)cc1OC. The summed E-state index contributed by atoms with van der Waals surface area (Å²) < 4.78 is 51.2. The highest BCUT2D eigenvalue weighted by Gasteiger charge is 2.19. The first-order chi connectivity index (χ1) is 15.2. The maximum absolute atomic E-state index is 13.1. The molecule has 0 saturated heterocycles. The zero-order valence-corrected chi connectivity index (χ0v) is 18.8. The molecule has 3 aromatic rings. The van der Waals surface area contributed by atoms with Crippen LogP contribution in [0.25, 0.3) is 0 Å². The van der Waals surface area contributed by atoms with Gasteiger partial charge in [-0.2, -0.15) is 0 Å². The lowest BCUT2D eigenvalue weighted by Crippen LogP contribution is -2.24. The standard InChI is InChI=1S/C22H20ClFN2O5S/c1-30-20-10-3-14(11-21(20)31-2)13-25-22(27)18-12-17(8-9-19(18)23)32(28,29)26-16-6-4-15(24)5-7-16/h3-12,26H,13H2,1-2H3,(H,25,27). The monoisotopic (exact) mass is 478 g/mol. The Morgan fingerprint density at radius 3 is 2.31 bits per heavy atom. The Labute approximate surface area is 190 Å². The molecule has 10 heteroatoms. The lowest BCUT2D eigenvalue weighted by Gasteiger charge is -2.12. The number of rotatable bonds is 8. The molecule has 3 rings (SSSR count). The molecular weight excluding hydrogens is 459 g/mol. The molecule has 7 nitrogen and oxygen atoms in total. The van der Waals surface area contributed by atoms with Gasteiger partial charge in [0.15, 0.2) is 11.5 Å². The minimum Gasteiger partial charge on any atom is -0.493 e. The number of carbonyl (C=O) groups excluding carboxylic acids is 1. The van der Waals surface area contributed by atoms with E-state index in [0.717, 1.165) is 17.7 Å². The number of halogens is 2. The van der Waals surface area contributed by atoms with Crippen LogP contribution in [0.15, 0.2) is 65.6 Å². The number of hydrogen-bond acceptors (Lipinski definition) is 5. The van der Waals surface area contributed by atoms with Gasteiger partial charge in [0.1, 0.15) is 5.82 Å². The Morgan fingerprint density at radius 2 is 1.66 bits per heavy atom. The first-order valence-corrected chi connectivity index (χ1v) is 11.2. The second-order valence-corrected chi connectivity index (χ2v) is 8.72. The van der Waals surface area contributed by atoms with Crippen LogP contribution in [0.5, 0.6) is 11.5 Å². The van der Waals surface area contributed by atoms with Crippen LogP contribution in [0.4, 0.5) is 10.1 Å². The van der Waals surface area contributed by atoms with Gasteiger partial charge in [-0.05, 0) is 60.2 Å². The number of amides is 1. The van der Waals surface area contributed by atoms with Crippen LogP contribution in [0.2, 0.25) is 5.02 Å². The van der Waals surface area contributed by atoms with Crippen LogP contribution in [0, 0.1) is 5.82 Å². The predicted molar refractivity (Wildman–Crippen MR) is 119 cm³/mol. The van der Waals surface area contributed by atoms with E-state index in [2.05, 4.69) is 10.0 Å². The van der Waals surface area contributed by atoms with Crippen molar-refractivity contribution in [3.05, 3.63) is 82.6 Å². The van der Waals surface area contributed by atoms with Crippen LogP contribution < -0.4 is 19.5 Å². The first-order valence-electron chi connectivity index (χ1n) is 9.30. The van der Waals surface area contributed by atoms with Crippen molar-refractivity contribution in [3.8, 4) is 11.5 Å². The van der Waals surface area contributed by atoms with Crippen molar-refractivity contribution in [3.63, 3.8) is 0 Å². The number of benzene rings is 3. The molecule has 0 heterocycles. The van der Waals surface area contributed by atoms with E-state index in [-0.39, 0.29) is 27.7 Å². The van der Waals surface area contributed by atoms with Gasteiger partial charge >= 0.3 is 0 Å². The summed E-state index contributed by atoms with van der Waals surface area (Å²) in [6.45, 7) is 0.153. The third kappa shape index (κ3) is 5.49. The van der Waals surface area contributed by atoms with E-state index in [1.807, 2.05) is 0 Å². The lowest BCUT2D eigenvalue weighted by atomic mass is 10.1. The smallest absolute Gasteiger partial charge is 0.261 e. The van der Waals surface area contributed by atoms with Crippen molar-refractivity contribution in [1.82, 2.24) is 5.32 Å². The molecule has 168 valence electrons. The van der Waals surface area contributed by atoms with E-state index in [1.165, 1.54) is 44.6 Å². The summed E-state index contributed by atoms with van der Waals surface area (Å²) in [6, 6.07) is 13.8. The summed E-state index contributed by atoms with van der Waals surface area (Å²) in [4.78, 5) is 12.5. The molecule has 1 amide bonds.